The first kappa shape index (κ1) is 15.9. The van der Waals surface area contributed by atoms with Crippen LogP contribution < -0.4 is 11.1 Å². The Morgan fingerprint density at radius 3 is 3.05 bits per heavy atom. The highest BCUT2D eigenvalue weighted by Gasteiger charge is 2.19. The number of hydrogen-bond donors (Lipinski definition) is 2. The molecule has 116 valence electrons. The number of carbonyl (C=O) groups is 1. The molecule has 0 radical (unpaired) electrons. The van der Waals surface area contributed by atoms with E-state index < -0.39 is 0 Å². The second kappa shape index (κ2) is 8.12. The maximum atomic E-state index is 12.1. The molecule has 0 saturated carbocycles. The SMILES string of the molecule is CCN(CC(=O)Nc1cccc(CN)c1)CC1CCCO1. The van der Waals surface area contributed by atoms with Gasteiger partial charge in [0.1, 0.15) is 0 Å². The van der Waals surface area contributed by atoms with E-state index in [-0.39, 0.29) is 12.0 Å². The fourth-order valence-corrected chi connectivity index (χ4v) is 2.56. The summed E-state index contributed by atoms with van der Waals surface area (Å²) in [6.45, 7) is 5.45. The van der Waals surface area contributed by atoms with Crippen LogP contribution in [0, 0.1) is 0 Å². The van der Waals surface area contributed by atoms with Gasteiger partial charge in [-0.3, -0.25) is 9.69 Å². The molecule has 0 aliphatic carbocycles. The first-order valence-electron chi connectivity index (χ1n) is 7.64. The van der Waals surface area contributed by atoms with Crippen molar-refractivity contribution >= 4 is 11.6 Å². The molecule has 1 saturated heterocycles. The van der Waals surface area contributed by atoms with E-state index in [0.717, 1.165) is 43.8 Å². The quantitative estimate of drug-likeness (QED) is 0.800. The Balaban J connectivity index is 1.83. The van der Waals surface area contributed by atoms with Gasteiger partial charge in [-0.1, -0.05) is 19.1 Å². The number of anilines is 1. The number of hydrogen-bond acceptors (Lipinski definition) is 4. The molecular weight excluding hydrogens is 266 g/mol. The first-order valence-corrected chi connectivity index (χ1v) is 7.64. The predicted octanol–water partition coefficient (Wildman–Crippen LogP) is 1.58. The van der Waals surface area contributed by atoms with E-state index in [9.17, 15) is 4.79 Å². The van der Waals surface area contributed by atoms with Crippen molar-refractivity contribution in [2.75, 3.05) is 31.6 Å². The lowest BCUT2D eigenvalue weighted by Crippen LogP contribution is -2.38. The highest BCUT2D eigenvalue weighted by atomic mass is 16.5. The van der Waals surface area contributed by atoms with Crippen molar-refractivity contribution < 1.29 is 9.53 Å². The average Bonchev–Trinajstić information content (AvgIpc) is 2.99. The first-order chi connectivity index (χ1) is 10.2. The van der Waals surface area contributed by atoms with Crippen LogP contribution in [-0.2, 0) is 16.1 Å². The molecule has 1 aromatic carbocycles. The number of nitrogens with one attached hydrogen (secondary N) is 1. The second-order valence-electron chi connectivity index (χ2n) is 5.42. The molecule has 1 atom stereocenters. The largest absolute Gasteiger partial charge is 0.377 e. The van der Waals surface area contributed by atoms with Gasteiger partial charge < -0.3 is 15.8 Å². The summed E-state index contributed by atoms with van der Waals surface area (Å²) < 4.78 is 5.63. The van der Waals surface area contributed by atoms with E-state index in [0.29, 0.717) is 13.1 Å². The van der Waals surface area contributed by atoms with E-state index >= 15 is 0 Å². The molecule has 3 N–H and O–H groups in total. The number of rotatable bonds is 7. The minimum atomic E-state index is 0.00372. The number of carbonyl (C=O) groups excluding carboxylic acids is 1. The molecule has 1 unspecified atom stereocenters. The van der Waals surface area contributed by atoms with Crippen LogP contribution in [0.1, 0.15) is 25.3 Å². The number of likely N-dealkylation sites (N-methyl/N-ethyl adjacent to an activating group) is 1. The van der Waals surface area contributed by atoms with Crippen molar-refractivity contribution in [3.8, 4) is 0 Å². The topological polar surface area (TPSA) is 67.6 Å². The Morgan fingerprint density at radius 1 is 1.52 bits per heavy atom. The monoisotopic (exact) mass is 291 g/mol. The Hall–Kier alpha value is -1.43. The molecule has 0 bridgehead atoms. The van der Waals surface area contributed by atoms with Gasteiger partial charge in [0.05, 0.1) is 12.6 Å². The third kappa shape index (κ3) is 5.12. The standard InChI is InChI=1S/C16H25N3O2/c1-2-19(11-15-7-4-8-21-15)12-16(20)18-14-6-3-5-13(9-14)10-17/h3,5-6,9,15H,2,4,7-8,10-12,17H2,1H3,(H,18,20). The fraction of sp³-hybridized carbons (Fsp3) is 0.562. The van der Waals surface area contributed by atoms with E-state index in [1.165, 1.54) is 0 Å². The van der Waals surface area contributed by atoms with Crippen LogP contribution >= 0.6 is 0 Å². The zero-order valence-corrected chi connectivity index (χ0v) is 12.7. The molecule has 1 amide bonds. The number of benzene rings is 1. The number of amides is 1. The van der Waals surface area contributed by atoms with E-state index in [4.69, 9.17) is 10.5 Å². The van der Waals surface area contributed by atoms with Crippen molar-refractivity contribution in [2.45, 2.75) is 32.4 Å². The van der Waals surface area contributed by atoms with Gasteiger partial charge in [0.2, 0.25) is 5.91 Å². The van der Waals surface area contributed by atoms with Gasteiger partial charge in [-0.15, -0.1) is 0 Å². The van der Waals surface area contributed by atoms with Gasteiger partial charge in [-0.25, -0.2) is 0 Å². The number of nitrogens with two attached hydrogens (primary N) is 1. The summed E-state index contributed by atoms with van der Waals surface area (Å²) in [5, 5.41) is 2.93. The second-order valence-corrected chi connectivity index (χ2v) is 5.42. The predicted molar refractivity (Wildman–Crippen MR) is 84.1 cm³/mol. The third-order valence-electron chi connectivity index (χ3n) is 3.75. The van der Waals surface area contributed by atoms with Crippen LogP contribution in [0.15, 0.2) is 24.3 Å². The molecule has 5 heteroatoms. The lowest BCUT2D eigenvalue weighted by Gasteiger charge is -2.23. The van der Waals surface area contributed by atoms with E-state index in [1.807, 2.05) is 24.3 Å². The fourth-order valence-electron chi connectivity index (χ4n) is 2.56. The van der Waals surface area contributed by atoms with Crippen molar-refractivity contribution in [2.24, 2.45) is 5.73 Å². The Labute approximate surface area is 126 Å². The van der Waals surface area contributed by atoms with Crippen LogP contribution in [0.4, 0.5) is 5.69 Å². The normalized spacial score (nSPS) is 18.1. The number of nitrogens with zero attached hydrogens (tertiary/aromatic N) is 1. The Morgan fingerprint density at radius 2 is 2.38 bits per heavy atom. The Bertz CT molecular complexity index is 459. The summed E-state index contributed by atoms with van der Waals surface area (Å²) in [5.74, 6) is 0.00372. The Kier molecular flexibility index (Phi) is 6.17. The summed E-state index contributed by atoms with van der Waals surface area (Å²) in [5.41, 5.74) is 7.42. The third-order valence-corrected chi connectivity index (χ3v) is 3.75. The van der Waals surface area contributed by atoms with Gasteiger partial charge >= 0.3 is 0 Å². The van der Waals surface area contributed by atoms with Gasteiger partial charge in [-0.2, -0.15) is 0 Å². The molecule has 21 heavy (non-hydrogen) atoms. The van der Waals surface area contributed by atoms with Crippen LogP contribution in [0.25, 0.3) is 0 Å². The maximum absolute atomic E-state index is 12.1. The minimum Gasteiger partial charge on any atom is -0.377 e. The van der Waals surface area contributed by atoms with Crippen LogP contribution in [-0.4, -0.2) is 43.2 Å². The molecule has 5 nitrogen and oxygen atoms in total. The molecule has 1 aliphatic rings. The van der Waals surface area contributed by atoms with Crippen LogP contribution in [0.2, 0.25) is 0 Å². The van der Waals surface area contributed by atoms with Crippen LogP contribution in [0.3, 0.4) is 0 Å². The molecule has 1 heterocycles. The summed E-state index contributed by atoms with van der Waals surface area (Å²) >= 11 is 0. The van der Waals surface area contributed by atoms with Crippen molar-refractivity contribution in [3.63, 3.8) is 0 Å². The zero-order valence-electron chi connectivity index (χ0n) is 12.7. The molecule has 1 aliphatic heterocycles. The van der Waals surface area contributed by atoms with Gasteiger partial charge in [-0.05, 0) is 37.1 Å². The van der Waals surface area contributed by atoms with E-state index in [1.54, 1.807) is 0 Å². The van der Waals surface area contributed by atoms with Crippen LogP contribution in [0.5, 0.6) is 0 Å². The van der Waals surface area contributed by atoms with Crippen molar-refractivity contribution in [1.82, 2.24) is 4.90 Å². The highest BCUT2D eigenvalue weighted by Crippen LogP contribution is 2.14. The van der Waals surface area contributed by atoms with Crippen molar-refractivity contribution in [1.29, 1.82) is 0 Å². The minimum absolute atomic E-state index is 0.00372. The van der Waals surface area contributed by atoms with Gasteiger partial charge in [0.25, 0.3) is 0 Å². The maximum Gasteiger partial charge on any atom is 0.238 e. The highest BCUT2D eigenvalue weighted by molar-refractivity contribution is 5.92. The summed E-state index contributed by atoms with van der Waals surface area (Å²) in [6.07, 6.45) is 2.50. The molecule has 1 fully saturated rings. The van der Waals surface area contributed by atoms with Gasteiger partial charge in [0.15, 0.2) is 0 Å². The van der Waals surface area contributed by atoms with Gasteiger partial charge in [0, 0.05) is 25.4 Å². The zero-order chi connectivity index (χ0) is 15.1. The van der Waals surface area contributed by atoms with Crippen molar-refractivity contribution in [3.05, 3.63) is 29.8 Å². The number of ether oxygens (including phenoxy) is 1. The molecule has 2 rings (SSSR count). The van der Waals surface area contributed by atoms with E-state index in [2.05, 4.69) is 17.1 Å². The summed E-state index contributed by atoms with van der Waals surface area (Å²) in [4.78, 5) is 14.3. The smallest absolute Gasteiger partial charge is 0.238 e. The summed E-state index contributed by atoms with van der Waals surface area (Å²) in [6, 6.07) is 7.65. The average molecular weight is 291 g/mol. The molecule has 1 aromatic rings. The summed E-state index contributed by atoms with van der Waals surface area (Å²) in [7, 11) is 0. The molecule has 0 spiro atoms. The lowest BCUT2D eigenvalue weighted by molar-refractivity contribution is -0.117. The lowest BCUT2D eigenvalue weighted by atomic mass is 10.2. The molecular formula is C16H25N3O2. The molecule has 0 aromatic heterocycles.